The molecule has 3 rings (SSSR count). The zero-order valence-electron chi connectivity index (χ0n) is 11.5. The standard InChI is InChI=1S/C13H14BrN3O3S/c1-3-7-4-8(16-15-7)10(19)13(14)11(20)17-9(6(2)18)5-21-12(13)17/h4-5,10,12,19H,3H2,1-2H3,(H,15,16)/t10?,12-,13?/m1/s1. The summed E-state index contributed by atoms with van der Waals surface area (Å²) in [6.45, 7) is 3.40. The fourth-order valence-electron chi connectivity index (χ4n) is 2.52. The summed E-state index contributed by atoms with van der Waals surface area (Å²) in [6.07, 6.45) is -0.307. The predicted octanol–water partition coefficient (Wildman–Crippen LogP) is 1.48. The van der Waals surface area contributed by atoms with Gasteiger partial charge in [-0.2, -0.15) is 5.10 Å². The first-order valence-corrected chi connectivity index (χ1v) is 8.26. The van der Waals surface area contributed by atoms with Gasteiger partial charge in [0, 0.05) is 18.0 Å². The third kappa shape index (κ3) is 1.92. The number of amides is 1. The number of thioether (sulfide) groups is 1. The summed E-state index contributed by atoms with van der Waals surface area (Å²) in [5, 5.41) is 18.8. The lowest BCUT2D eigenvalue weighted by molar-refractivity contribution is -0.150. The molecular weight excluding hydrogens is 358 g/mol. The van der Waals surface area contributed by atoms with Gasteiger partial charge in [-0.05, 0) is 12.5 Å². The van der Waals surface area contributed by atoms with E-state index in [2.05, 4.69) is 26.1 Å². The molecule has 1 aromatic rings. The second-order valence-corrected chi connectivity index (χ2v) is 7.33. The number of halogens is 1. The lowest BCUT2D eigenvalue weighted by Crippen LogP contribution is -2.69. The number of nitrogens with zero attached hydrogens (tertiary/aromatic N) is 2. The summed E-state index contributed by atoms with van der Waals surface area (Å²) >= 11 is 4.74. The van der Waals surface area contributed by atoms with Crippen molar-refractivity contribution in [2.75, 3.05) is 0 Å². The van der Waals surface area contributed by atoms with Crippen LogP contribution in [0.25, 0.3) is 0 Å². The number of hydrogen-bond donors (Lipinski definition) is 2. The number of aliphatic hydroxyl groups excluding tert-OH is 1. The maximum atomic E-state index is 12.4. The number of fused-ring (bicyclic) bond motifs is 1. The van der Waals surface area contributed by atoms with Crippen molar-refractivity contribution in [2.24, 2.45) is 0 Å². The number of H-pyrrole nitrogens is 1. The van der Waals surface area contributed by atoms with Gasteiger partial charge in [-0.3, -0.25) is 19.6 Å². The average Bonchev–Trinajstić information content (AvgIpc) is 3.10. The smallest absolute Gasteiger partial charge is 0.251 e. The number of β-lactam (4-membered cyclic amide) rings is 1. The zero-order chi connectivity index (χ0) is 15.4. The highest BCUT2D eigenvalue weighted by molar-refractivity contribution is 9.10. The van der Waals surface area contributed by atoms with E-state index in [9.17, 15) is 14.7 Å². The molecule has 0 aromatic carbocycles. The quantitative estimate of drug-likeness (QED) is 0.618. The second-order valence-electron chi connectivity index (χ2n) is 5.07. The van der Waals surface area contributed by atoms with Gasteiger partial charge < -0.3 is 5.11 Å². The molecule has 3 atom stereocenters. The van der Waals surface area contributed by atoms with E-state index in [-0.39, 0.29) is 17.1 Å². The SMILES string of the molecule is CCc1cc(C(O)C2(Br)C(=O)N3C(C(C)=O)=CS[C@@H]32)n[nH]1. The number of carbonyl (C=O) groups excluding carboxylic acids is 2. The van der Waals surface area contributed by atoms with Crippen LogP contribution in [0.1, 0.15) is 31.3 Å². The minimum Gasteiger partial charge on any atom is -0.385 e. The second kappa shape index (κ2) is 4.96. The molecule has 2 aliphatic rings. The highest BCUT2D eigenvalue weighted by Gasteiger charge is 2.67. The van der Waals surface area contributed by atoms with Crippen molar-refractivity contribution in [3.63, 3.8) is 0 Å². The Labute approximate surface area is 134 Å². The summed E-state index contributed by atoms with van der Waals surface area (Å²) in [5.74, 6) is -0.470. The molecule has 2 N–H and O–H groups in total. The van der Waals surface area contributed by atoms with Gasteiger partial charge in [-0.25, -0.2) is 0 Å². The lowest BCUT2D eigenvalue weighted by Gasteiger charge is -2.50. The molecule has 3 heterocycles. The number of aromatic amines is 1. The van der Waals surface area contributed by atoms with Crippen LogP contribution in [0.5, 0.6) is 0 Å². The van der Waals surface area contributed by atoms with Gasteiger partial charge in [0.25, 0.3) is 5.91 Å². The van der Waals surface area contributed by atoms with Gasteiger partial charge in [-0.1, -0.05) is 22.9 Å². The fraction of sp³-hybridized carbons (Fsp3) is 0.462. The largest absolute Gasteiger partial charge is 0.385 e. The number of aliphatic hydroxyl groups is 1. The maximum absolute atomic E-state index is 12.4. The van der Waals surface area contributed by atoms with E-state index >= 15 is 0 Å². The molecule has 0 radical (unpaired) electrons. The number of hydrogen-bond acceptors (Lipinski definition) is 5. The Kier molecular flexibility index (Phi) is 3.50. The van der Waals surface area contributed by atoms with Crippen LogP contribution in [0.4, 0.5) is 0 Å². The van der Waals surface area contributed by atoms with Crippen LogP contribution in [-0.2, 0) is 16.0 Å². The van der Waals surface area contributed by atoms with Crippen molar-refractivity contribution in [3.05, 3.63) is 28.6 Å². The Hall–Kier alpha value is -1.12. The number of alkyl halides is 1. The molecule has 112 valence electrons. The van der Waals surface area contributed by atoms with Crippen LogP contribution in [0, 0.1) is 0 Å². The Balaban J connectivity index is 1.87. The van der Waals surface area contributed by atoms with E-state index in [1.54, 1.807) is 11.5 Å². The Morgan fingerprint density at radius 2 is 2.43 bits per heavy atom. The van der Waals surface area contributed by atoms with Crippen molar-refractivity contribution < 1.29 is 14.7 Å². The molecule has 0 bridgehead atoms. The van der Waals surface area contributed by atoms with E-state index in [1.165, 1.54) is 23.6 Å². The molecule has 0 aliphatic carbocycles. The van der Waals surface area contributed by atoms with E-state index in [0.29, 0.717) is 11.4 Å². The van der Waals surface area contributed by atoms with Crippen LogP contribution in [0.2, 0.25) is 0 Å². The summed E-state index contributed by atoms with van der Waals surface area (Å²) in [7, 11) is 0. The first kappa shape index (κ1) is 14.8. The number of rotatable bonds is 4. The topological polar surface area (TPSA) is 86.3 Å². The van der Waals surface area contributed by atoms with Gasteiger partial charge in [-0.15, -0.1) is 11.8 Å². The van der Waals surface area contributed by atoms with Crippen molar-refractivity contribution in [3.8, 4) is 0 Å². The Bertz CT molecular complexity index is 659. The summed E-state index contributed by atoms with van der Waals surface area (Å²) < 4.78 is -1.15. The molecule has 2 unspecified atom stereocenters. The Morgan fingerprint density at radius 3 is 3.00 bits per heavy atom. The average molecular weight is 372 g/mol. The fourth-order valence-corrected chi connectivity index (χ4v) is 4.77. The molecule has 1 aromatic heterocycles. The van der Waals surface area contributed by atoms with Crippen LogP contribution in [0.15, 0.2) is 17.2 Å². The predicted molar refractivity (Wildman–Crippen MR) is 81.6 cm³/mol. The number of Topliss-reactive ketones (excluding diaryl/α,β-unsaturated/α-hetero) is 1. The molecule has 0 spiro atoms. The molecule has 8 heteroatoms. The third-order valence-corrected chi connectivity index (χ3v) is 6.49. The van der Waals surface area contributed by atoms with E-state index in [1.807, 2.05) is 6.92 Å². The van der Waals surface area contributed by atoms with Gasteiger partial charge in [0.2, 0.25) is 0 Å². The maximum Gasteiger partial charge on any atom is 0.251 e. The first-order chi connectivity index (χ1) is 9.91. The van der Waals surface area contributed by atoms with E-state index in [4.69, 9.17) is 0 Å². The zero-order valence-corrected chi connectivity index (χ0v) is 13.9. The van der Waals surface area contributed by atoms with Gasteiger partial charge in [0.1, 0.15) is 11.5 Å². The molecule has 1 fully saturated rings. The van der Waals surface area contributed by atoms with E-state index in [0.717, 1.165) is 12.1 Å². The summed E-state index contributed by atoms with van der Waals surface area (Å²) in [6, 6.07) is 1.75. The van der Waals surface area contributed by atoms with Crippen LogP contribution >= 0.6 is 27.7 Å². The lowest BCUT2D eigenvalue weighted by atomic mass is 9.88. The van der Waals surface area contributed by atoms with Gasteiger partial charge >= 0.3 is 0 Å². The molecule has 1 saturated heterocycles. The molecule has 0 saturated carbocycles. The third-order valence-electron chi connectivity index (χ3n) is 3.78. The summed E-state index contributed by atoms with van der Waals surface area (Å²) in [4.78, 5) is 25.4. The Morgan fingerprint density at radius 1 is 1.71 bits per heavy atom. The van der Waals surface area contributed by atoms with Gasteiger partial charge in [0.15, 0.2) is 10.1 Å². The molecule has 1 amide bonds. The number of ketones is 1. The number of aromatic nitrogens is 2. The van der Waals surface area contributed by atoms with Crippen molar-refractivity contribution in [1.82, 2.24) is 15.1 Å². The van der Waals surface area contributed by atoms with Crippen molar-refractivity contribution in [2.45, 2.75) is 36.1 Å². The van der Waals surface area contributed by atoms with Crippen LogP contribution < -0.4 is 0 Å². The molecular formula is C13H14BrN3O3S. The molecule has 6 nitrogen and oxygen atoms in total. The number of nitrogens with one attached hydrogen (secondary N) is 1. The van der Waals surface area contributed by atoms with Crippen molar-refractivity contribution >= 4 is 39.4 Å². The monoisotopic (exact) mass is 371 g/mol. The minimum atomic E-state index is -1.15. The van der Waals surface area contributed by atoms with Crippen molar-refractivity contribution in [1.29, 1.82) is 0 Å². The normalized spacial score (nSPS) is 29.0. The highest BCUT2D eigenvalue weighted by Crippen LogP contribution is 2.56. The van der Waals surface area contributed by atoms with E-state index < -0.39 is 10.4 Å². The minimum absolute atomic E-state index is 0.157. The van der Waals surface area contributed by atoms with Crippen LogP contribution in [0.3, 0.4) is 0 Å². The molecule has 21 heavy (non-hydrogen) atoms. The molecule has 2 aliphatic heterocycles. The number of allylic oxidation sites excluding steroid dienone is 1. The first-order valence-electron chi connectivity index (χ1n) is 6.52. The number of carbonyl (C=O) groups is 2. The van der Waals surface area contributed by atoms with Gasteiger partial charge in [0.05, 0.1) is 11.4 Å². The summed E-state index contributed by atoms with van der Waals surface area (Å²) in [5.41, 5.74) is 1.70. The number of aryl methyl sites for hydroxylation is 1. The van der Waals surface area contributed by atoms with Crippen LogP contribution in [-0.4, -0.2) is 41.6 Å². The highest BCUT2D eigenvalue weighted by atomic mass is 79.9.